The molecule has 1 heterocycles. The van der Waals surface area contributed by atoms with Crippen LogP contribution in [0, 0.1) is 0 Å². The third kappa shape index (κ3) is 3.71. The molecule has 5 nitrogen and oxygen atoms in total. The van der Waals surface area contributed by atoms with Gasteiger partial charge >= 0.3 is 0 Å². The molecule has 0 aliphatic carbocycles. The van der Waals surface area contributed by atoms with E-state index in [0.29, 0.717) is 0 Å². The standard InChI is InChI=1S/C8H13N3O2/c1-7(12)5-9-8(13)6-11-4-2-3-10-11/h2-4,7,12H,5-6H2,1H3,(H,9,13)/t7-/m1/s1. The molecule has 72 valence electrons. The lowest BCUT2D eigenvalue weighted by atomic mass is 10.4. The maximum absolute atomic E-state index is 11.1. The molecule has 1 amide bonds. The van der Waals surface area contributed by atoms with Gasteiger partial charge in [0.05, 0.1) is 6.10 Å². The van der Waals surface area contributed by atoms with E-state index < -0.39 is 6.10 Å². The SMILES string of the molecule is C[C@@H](O)CNC(=O)Cn1cccn1. The molecule has 0 aromatic carbocycles. The molecule has 0 radical (unpaired) electrons. The first kappa shape index (κ1) is 9.73. The molecule has 0 bridgehead atoms. The summed E-state index contributed by atoms with van der Waals surface area (Å²) in [5.74, 6) is -0.149. The lowest BCUT2D eigenvalue weighted by Gasteiger charge is -2.06. The molecular formula is C8H13N3O2. The Bertz CT molecular complexity index is 256. The molecule has 5 heteroatoms. The molecule has 0 aliphatic rings. The van der Waals surface area contributed by atoms with E-state index in [1.165, 1.54) is 4.68 Å². The van der Waals surface area contributed by atoms with E-state index in [9.17, 15) is 4.79 Å². The number of hydrogen-bond donors (Lipinski definition) is 2. The summed E-state index contributed by atoms with van der Waals surface area (Å²) in [5, 5.41) is 15.3. The summed E-state index contributed by atoms with van der Waals surface area (Å²) in [6.07, 6.45) is 2.81. The zero-order chi connectivity index (χ0) is 9.68. The minimum absolute atomic E-state index is 0.149. The van der Waals surface area contributed by atoms with Crippen LogP contribution in [0.3, 0.4) is 0 Å². The van der Waals surface area contributed by atoms with Gasteiger partial charge in [-0.05, 0) is 13.0 Å². The molecule has 0 aliphatic heterocycles. The Hall–Kier alpha value is -1.36. The van der Waals surface area contributed by atoms with Crippen LogP contribution in [0.2, 0.25) is 0 Å². The van der Waals surface area contributed by atoms with Crippen molar-refractivity contribution < 1.29 is 9.90 Å². The Morgan fingerprint density at radius 1 is 1.77 bits per heavy atom. The highest BCUT2D eigenvalue weighted by atomic mass is 16.3. The van der Waals surface area contributed by atoms with Crippen molar-refractivity contribution in [3.05, 3.63) is 18.5 Å². The molecule has 1 atom stereocenters. The van der Waals surface area contributed by atoms with Gasteiger partial charge in [-0.15, -0.1) is 0 Å². The number of carbonyl (C=O) groups is 1. The predicted molar refractivity (Wildman–Crippen MR) is 46.9 cm³/mol. The number of aromatic nitrogens is 2. The Labute approximate surface area is 76.4 Å². The molecule has 0 saturated carbocycles. The van der Waals surface area contributed by atoms with Crippen LogP contribution in [-0.2, 0) is 11.3 Å². The van der Waals surface area contributed by atoms with Gasteiger partial charge in [0.2, 0.25) is 5.91 Å². The lowest BCUT2D eigenvalue weighted by molar-refractivity contribution is -0.122. The molecule has 1 rings (SSSR count). The van der Waals surface area contributed by atoms with Crippen molar-refractivity contribution in [1.29, 1.82) is 0 Å². The van der Waals surface area contributed by atoms with E-state index in [1.807, 2.05) is 0 Å². The summed E-state index contributed by atoms with van der Waals surface area (Å²) in [4.78, 5) is 11.1. The van der Waals surface area contributed by atoms with Crippen molar-refractivity contribution in [3.63, 3.8) is 0 Å². The van der Waals surface area contributed by atoms with Gasteiger partial charge in [-0.25, -0.2) is 0 Å². The molecule has 0 spiro atoms. The monoisotopic (exact) mass is 183 g/mol. The first-order valence-corrected chi connectivity index (χ1v) is 4.10. The van der Waals surface area contributed by atoms with Crippen LogP contribution in [0.1, 0.15) is 6.92 Å². The molecule has 1 aromatic heterocycles. The number of rotatable bonds is 4. The summed E-state index contributed by atoms with van der Waals surface area (Å²) >= 11 is 0. The van der Waals surface area contributed by atoms with Crippen molar-refractivity contribution in [2.75, 3.05) is 6.54 Å². The third-order valence-electron chi connectivity index (χ3n) is 1.46. The zero-order valence-corrected chi connectivity index (χ0v) is 7.47. The molecule has 0 unspecified atom stereocenters. The number of amides is 1. The van der Waals surface area contributed by atoms with Crippen LogP contribution in [0.4, 0.5) is 0 Å². The normalized spacial score (nSPS) is 12.5. The van der Waals surface area contributed by atoms with Crippen LogP contribution in [0.25, 0.3) is 0 Å². The number of nitrogens with zero attached hydrogens (tertiary/aromatic N) is 2. The Balaban J connectivity index is 2.26. The highest BCUT2D eigenvalue weighted by Crippen LogP contribution is 1.84. The smallest absolute Gasteiger partial charge is 0.241 e. The van der Waals surface area contributed by atoms with Gasteiger partial charge in [0.25, 0.3) is 0 Å². The minimum Gasteiger partial charge on any atom is -0.392 e. The van der Waals surface area contributed by atoms with Gasteiger partial charge in [-0.3, -0.25) is 9.48 Å². The second-order valence-corrected chi connectivity index (χ2v) is 2.86. The Morgan fingerprint density at radius 2 is 2.54 bits per heavy atom. The molecule has 0 saturated heterocycles. The quantitative estimate of drug-likeness (QED) is 0.653. The number of hydrogen-bond acceptors (Lipinski definition) is 3. The van der Waals surface area contributed by atoms with Crippen LogP contribution in [0.15, 0.2) is 18.5 Å². The van der Waals surface area contributed by atoms with Gasteiger partial charge in [-0.1, -0.05) is 0 Å². The second kappa shape index (κ2) is 4.61. The van der Waals surface area contributed by atoms with E-state index in [0.717, 1.165) is 0 Å². The molecule has 0 fully saturated rings. The largest absolute Gasteiger partial charge is 0.392 e. The van der Waals surface area contributed by atoms with E-state index in [1.54, 1.807) is 25.4 Å². The van der Waals surface area contributed by atoms with E-state index in [-0.39, 0.29) is 19.0 Å². The van der Waals surface area contributed by atoms with Crippen molar-refractivity contribution in [1.82, 2.24) is 15.1 Å². The maximum atomic E-state index is 11.1. The Kier molecular flexibility index (Phi) is 3.45. The van der Waals surface area contributed by atoms with Crippen LogP contribution in [-0.4, -0.2) is 33.4 Å². The summed E-state index contributed by atoms with van der Waals surface area (Å²) in [5.41, 5.74) is 0. The first-order chi connectivity index (χ1) is 6.18. The fourth-order valence-electron chi connectivity index (χ4n) is 0.859. The third-order valence-corrected chi connectivity index (χ3v) is 1.46. The topological polar surface area (TPSA) is 67.2 Å². The maximum Gasteiger partial charge on any atom is 0.241 e. The van der Waals surface area contributed by atoms with Gasteiger partial charge in [-0.2, -0.15) is 5.10 Å². The van der Waals surface area contributed by atoms with Crippen molar-refractivity contribution in [2.24, 2.45) is 0 Å². The fourth-order valence-corrected chi connectivity index (χ4v) is 0.859. The fraction of sp³-hybridized carbons (Fsp3) is 0.500. The number of aliphatic hydroxyl groups excluding tert-OH is 1. The zero-order valence-electron chi connectivity index (χ0n) is 7.47. The van der Waals surface area contributed by atoms with Gasteiger partial charge < -0.3 is 10.4 Å². The highest BCUT2D eigenvalue weighted by Gasteiger charge is 2.03. The van der Waals surface area contributed by atoms with Crippen LogP contribution >= 0.6 is 0 Å². The van der Waals surface area contributed by atoms with Crippen molar-refractivity contribution in [3.8, 4) is 0 Å². The predicted octanol–water partition coefficient (Wildman–Crippen LogP) is -0.620. The summed E-state index contributed by atoms with van der Waals surface area (Å²) in [6.45, 7) is 2.09. The van der Waals surface area contributed by atoms with E-state index in [4.69, 9.17) is 5.11 Å². The first-order valence-electron chi connectivity index (χ1n) is 4.10. The van der Waals surface area contributed by atoms with E-state index in [2.05, 4.69) is 10.4 Å². The second-order valence-electron chi connectivity index (χ2n) is 2.86. The van der Waals surface area contributed by atoms with Gasteiger partial charge in [0, 0.05) is 18.9 Å². The molecule has 13 heavy (non-hydrogen) atoms. The summed E-state index contributed by atoms with van der Waals surface area (Å²) in [6, 6.07) is 1.75. The highest BCUT2D eigenvalue weighted by molar-refractivity contribution is 5.75. The lowest BCUT2D eigenvalue weighted by Crippen LogP contribution is -2.33. The molecular weight excluding hydrogens is 170 g/mol. The Morgan fingerprint density at radius 3 is 3.08 bits per heavy atom. The van der Waals surface area contributed by atoms with E-state index >= 15 is 0 Å². The van der Waals surface area contributed by atoms with Gasteiger partial charge in [0.1, 0.15) is 6.54 Å². The summed E-state index contributed by atoms with van der Waals surface area (Å²) < 4.78 is 1.53. The van der Waals surface area contributed by atoms with Crippen molar-refractivity contribution >= 4 is 5.91 Å². The minimum atomic E-state index is -0.512. The van der Waals surface area contributed by atoms with Crippen molar-refractivity contribution in [2.45, 2.75) is 19.6 Å². The average molecular weight is 183 g/mol. The number of aliphatic hydroxyl groups is 1. The van der Waals surface area contributed by atoms with Crippen LogP contribution < -0.4 is 5.32 Å². The molecule has 2 N–H and O–H groups in total. The number of nitrogens with one attached hydrogen (secondary N) is 1. The average Bonchev–Trinajstić information content (AvgIpc) is 2.53. The summed E-state index contributed by atoms with van der Waals surface area (Å²) in [7, 11) is 0. The van der Waals surface area contributed by atoms with Gasteiger partial charge in [0.15, 0.2) is 0 Å². The molecule has 1 aromatic rings. The number of carbonyl (C=O) groups excluding carboxylic acids is 1. The van der Waals surface area contributed by atoms with Crippen LogP contribution in [0.5, 0.6) is 0 Å².